The van der Waals surface area contributed by atoms with Crippen molar-refractivity contribution in [2.75, 3.05) is 6.54 Å². The fourth-order valence-electron chi connectivity index (χ4n) is 2.93. The Morgan fingerprint density at radius 1 is 1.33 bits per heavy atom. The highest BCUT2D eigenvalue weighted by Crippen LogP contribution is 2.30. The molecule has 21 heavy (non-hydrogen) atoms. The maximum absolute atomic E-state index is 12.8. The summed E-state index contributed by atoms with van der Waals surface area (Å²) in [4.78, 5) is 18.8. The van der Waals surface area contributed by atoms with Crippen LogP contribution in [0.15, 0.2) is 21.4 Å². The third-order valence-corrected chi connectivity index (χ3v) is 3.93. The molecule has 0 spiro atoms. The fourth-order valence-corrected chi connectivity index (χ4v) is 2.93. The second-order valence-electron chi connectivity index (χ2n) is 5.52. The number of furan rings is 1. The molecule has 0 unspecified atom stereocenters. The molecule has 1 aliphatic rings. The minimum atomic E-state index is -0.136. The number of carbonyl (C=O) groups excluding carboxylic acids is 1. The molecule has 3 rings (SSSR count). The van der Waals surface area contributed by atoms with Gasteiger partial charge in [0, 0.05) is 12.1 Å². The number of nitrogens with zero attached hydrogens (tertiary/aromatic N) is 3. The van der Waals surface area contributed by atoms with Crippen LogP contribution >= 0.6 is 0 Å². The zero-order chi connectivity index (χ0) is 14.8. The van der Waals surface area contributed by atoms with Gasteiger partial charge in [-0.1, -0.05) is 18.0 Å². The smallest absolute Gasteiger partial charge is 0.290 e. The minimum absolute atomic E-state index is 0.0858. The highest BCUT2D eigenvalue weighted by atomic mass is 16.5. The molecule has 1 amide bonds. The number of aromatic nitrogens is 2. The van der Waals surface area contributed by atoms with Gasteiger partial charge in [0.25, 0.3) is 5.91 Å². The van der Waals surface area contributed by atoms with Crippen LogP contribution in [0.5, 0.6) is 0 Å². The summed E-state index contributed by atoms with van der Waals surface area (Å²) in [6.45, 7) is 4.44. The third-order valence-electron chi connectivity index (χ3n) is 3.93. The van der Waals surface area contributed by atoms with Gasteiger partial charge in [-0.05, 0) is 32.8 Å². The number of hydrogen-bond donors (Lipinski definition) is 0. The van der Waals surface area contributed by atoms with Crippen LogP contribution in [-0.4, -0.2) is 27.5 Å². The summed E-state index contributed by atoms with van der Waals surface area (Å²) in [5, 5.41) is 3.92. The van der Waals surface area contributed by atoms with Crippen LogP contribution in [0.3, 0.4) is 0 Å². The van der Waals surface area contributed by atoms with Crippen molar-refractivity contribution in [1.29, 1.82) is 0 Å². The second-order valence-corrected chi connectivity index (χ2v) is 5.52. The summed E-state index contributed by atoms with van der Waals surface area (Å²) in [6, 6.07) is 1.75. The van der Waals surface area contributed by atoms with E-state index in [1.807, 2.05) is 24.8 Å². The van der Waals surface area contributed by atoms with Gasteiger partial charge in [-0.3, -0.25) is 4.79 Å². The normalized spacial score (nSPS) is 19.5. The van der Waals surface area contributed by atoms with E-state index in [9.17, 15) is 4.79 Å². The van der Waals surface area contributed by atoms with E-state index < -0.39 is 0 Å². The molecule has 0 saturated carbocycles. The van der Waals surface area contributed by atoms with E-state index in [0.29, 0.717) is 18.1 Å². The van der Waals surface area contributed by atoms with Crippen molar-refractivity contribution < 1.29 is 13.7 Å². The Morgan fingerprint density at radius 2 is 2.19 bits per heavy atom. The van der Waals surface area contributed by atoms with Crippen LogP contribution in [-0.2, 0) is 0 Å². The molecule has 112 valence electrons. The predicted molar refractivity (Wildman–Crippen MR) is 74.7 cm³/mol. The van der Waals surface area contributed by atoms with Crippen molar-refractivity contribution >= 4 is 5.91 Å². The topological polar surface area (TPSA) is 72.4 Å². The molecule has 1 saturated heterocycles. The first kappa shape index (κ1) is 13.9. The molecule has 1 aliphatic heterocycles. The zero-order valence-corrected chi connectivity index (χ0v) is 12.3. The van der Waals surface area contributed by atoms with Gasteiger partial charge in [0.2, 0.25) is 6.39 Å². The highest BCUT2D eigenvalue weighted by molar-refractivity contribution is 5.93. The molecule has 1 atom stereocenters. The summed E-state index contributed by atoms with van der Waals surface area (Å²) >= 11 is 0. The van der Waals surface area contributed by atoms with E-state index in [2.05, 4.69) is 10.1 Å². The van der Waals surface area contributed by atoms with Crippen LogP contribution in [0.4, 0.5) is 0 Å². The molecule has 0 radical (unpaired) electrons. The number of carbonyl (C=O) groups is 1. The Bertz CT molecular complexity index is 618. The van der Waals surface area contributed by atoms with Crippen molar-refractivity contribution in [3.8, 4) is 0 Å². The minimum Gasteiger partial charge on any atom is -0.456 e. The Morgan fingerprint density at radius 3 is 2.86 bits per heavy atom. The van der Waals surface area contributed by atoms with Gasteiger partial charge in [-0.2, -0.15) is 4.98 Å². The Labute approximate surface area is 123 Å². The summed E-state index contributed by atoms with van der Waals surface area (Å²) in [5.74, 6) is 1.66. The van der Waals surface area contributed by atoms with Gasteiger partial charge in [0.1, 0.15) is 5.76 Å². The second kappa shape index (κ2) is 5.71. The molecule has 0 aromatic carbocycles. The molecule has 6 nitrogen and oxygen atoms in total. The van der Waals surface area contributed by atoms with Crippen LogP contribution in [0, 0.1) is 13.8 Å². The number of rotatable bonds is 2. The van der Waals surface area contributed by atoms with Gasteiger partial charge in [0.05, 0.1) is 6.04 Å². The van der Waals surface area contributed by atoms with Crippen LogP contribution < -0.4 is 0 Å². The maximum Gasteiger partial charge on any atom is 0.290 e. The monoisotopic (exact) mass is 289 g/mol. The lowest BCUT2D eigenvalue weighted by molar-refractivity contribution is 0.0635. The Hall–Kier alpha value is -2.11. The van der Waals surface area contributed by atoms with Gasteiger partial charge in [-0.25, -0.2) is 0 Å². The average Bonchev–Trinajstić information content (AvgIpc) is 3.02. The number of amides is 1. The Balaban J connectivity index is 1.92. The summed E-state index contributed by atoms with van der Waals surface area (Å²) in [7, 11) is 0. The molecule has 2 aromatic rings. The van der Waals surface area contributed by atoms with Crippen molar-refractivity contribution in [1.82, 2.24) is 15.0 Å². The zero-order valence-electron chi connectivity index (χ0n) is 12.3. The average molecular weight is 289 g/mol. The predicted octanol–water partition coefficient (Wildman–Crippen LogP) is 3.04. The molecular weight excluding hydrogens is 270 g/mol. The lowest BCUT2D eigenvalue weighted by Crippen LogP contribution is -2.35. The van der Waals surface area contributed by atoms with E-state index in [0.717, 1.165) is 37.0 Å². The summed E-state index contributed by atoms with van der Waals surface area (Å²) in [6.07, 6.45) is 5.31. The fraction of sp³-hybridized carbons (Fsp3) is 0.533. The first-order valence-corrected chi connectivity index (χ1v) is 7.31. The standard InChI is InChI=1S/C15H19N3O3/c1-10-8-11(2)21-13(10)15(19)18-7-5-3-4-6-12(18)14-16-9-20-17-14/h8-9,12H,3-7H2,1-2H3/t12-/m1/s1. The third kappa shape index (κ3) is 2.70. The molecule has 1 fully saturated rings. The number of hydrogen-bond acceptors (Lipinski definition) is 5. The SMILES string of the molecule is Cc1cc(C)c(C(=O)N2CCCCC[C@@H]2c2ncon2)o1. The molecular formula is C15H19N3O3. The lowest BCUT2D eigenvalue weighted by atomic mass is 10.1. The molecule has 0 bridgehead atoms. The van der Waals surface area contributed by atoms with Gasteiger partial charge in [-0.15, -0.1) is 0 Å². The van der Waals surface area contributed by atoms with Crippen molar-refractivity contribution in [2.24, 2.45) is 0 Å². The van der Waals surface area contributed by atoms with E-state index in [4.69, 9.17) is 8.94 Å². The molecule has 3 heterocycles. The molecule has 6 heteroatoms. The van der Waals surface area contributed by atoms with Crippen LogP contribution in [0.1, 0.15) is 59.4 Å². The number of likely N-dealkylation sites (tertiary alicyclic amines) is 1. The Kier molecular flexibility index (Phi) is 3.77. The lowest BCUT2D eigenvalue weighted by Gasteiger charge is -2.27. The summed E-state index contributed by atoms with van der Waals surface area (Å²) < 4.78 is 10.4. The van der Waals surface area contributed by atoms with Crippen molar-refractivity contribution in [3.05, 3.63) is 35.4 Å². The van der Waals surface area contributed by atoms with Gasteiger partial charge in [0.15, 0.2) is 11.6 Å². The summed E-state index contributed by atoms with van der Waals surface area (Å²) in [5.41, 5.74) is 0.869. The number of aryl methyl sites for hydroxylation is 2. The van der Waals surface area contributed by atoms with Gasteiger partial charge >= 0.3 is 0 Å². The maximum atomic E-state index is 12.8. The first-order valence-electron chi connectivity index (χ1n) is 7.31. The van der Waals surface area contributed by atoms with E-state index in [-0.39, 0.29) is 11.9 Å². The van der Waals surface area contributed by atoms with Crippen LogP contribution in [0.2, 0.25) is 0 Å². The van der Waals surface area contributed by atoms with Crippen LogP contribution in [0.25, 0.3) is 0 Å². The van der Waals surface area contributed by atoms with Crippen molar-refractivity contribution in [2.45, 2.75) is 45.6 Å². The van der Waals surface area contributed by atoms with Crippen molar-refractivity contribution in [3.63, 3.8) is 0 Å². The molecule has 0 N–H and O–H groups in total. The first-order chi connectivity index (χ1) is 10.2. The highest BCUT2D eigenvalue weighted by Gasteiger charge is 2.32. The molecule has 0 aliphatic carbocycles. The van der Waals surface area contributed by atoms with E-state index in [1.165, 1.54) is 6.39 Å². The largest absolute Gasteiger partial charge is 0.456 e. The van der Waals surface area contributed by atoms with E-state index >= 15 is 0 Å². The molecule has 2 aromatic heterocycles. The van der Waals surface area contributed by atoms with E-state index in [1.54, 1.807) is 0 Å². The quantitative estimate of drug-likeness (QED) is 0.849. The van der Waals surface area contributed by atoms with Gasteiger partial charge < -0.3 is 13.8 Å².